The third-order valence-corrected chi connectivity index (χ3v) is 5.83. The number of rotatable bonds is 13. The van der Waals surface area contributed by atoms with Crippen molar-refractivity contribution in [1.82, 2.24) is 0 Å². The van der Waals surface area contributed by atoms with Crippen LogP contribution in [0.1, 0.15) is 70.3 Å². The minimum atomic E-state index is -4.24. The molecule has 0 bridgehead atoms. The van der Waals surface area contributed by atoms with Crippen molar-refractivity contribution in [1.29, 1.82) is 0 Å². The van der Waals surface area contributed by atoms with E-state index in [-0.39, 0.29) is 10.6 Å². The Balaban J connectivity index is 1.87. The fourth-order valence-electron chi connectivity index (χ4n) is 3.31. The quantitative estimate of drug-likeness (QED) is 0.285. The molecule has 2 N–H and O–H groups in total. The second-order valence-corrected chi connectivity index (χ2v) is 8.81. The summed E-state index contributed by atoms with van der Waals surface area (Å²) < 4.78 is 37.2. The summed E-state index contributed by atoms with van der Waals surface area (Å²) >= 11 is 0. The van der Waals surface area contributed by atoms with Crippen LogP contribution in [0, 0.1) is 0 Å². The maximum absolute atomic E-state index is 11.1. The van der Waals surface area contributed by atoms with Crippen LogP contribution in [0.2, 0.25) is 0 Å². The summed E-state index contributed by atoms with van der Waals surface area (Å²) in [6.45, 7) is 2.23. The van der Waals surface area contributed by atoms with E-state index in [0.29, 0.717) is 11.5 Å². The minimum Gasteiger partial charge on any atom is -0.504 e. The van der Waals surface area contributed by atoms with Gasteiger partial charge >= 0.3 is 0 Å². The smallest absolute Gasteiger partial charge is 0.294 e. The summed E-state index contributed by atoms with van der Waals surface area (Å²) in [7, 11) is -4.24. The highest BCUT2D eigenvalue weighted by Crippen LogP contribution is 2.35. The third kappa shape index (κ3) is 8.07. The van der Waals surface area contributed by atoms with Gasteiger partial charge in [-0.2, -0.15) is 8.42 Å². The number of ether oxygens (including phenoxy) is 1. The van der Waals surface area contributed by atoms with Gasteiger partial charge in [0, 0.05) is 0 Å². The zero-order chi connectivity index (χ0) is 21.1. The predicted molar refractivity (Wildman–Crippen MR) is 115 cm³/mol. The Hall–Kier alpha value is -2.05. The van der Waals surface area contributed by atoms with Gasteiger partial charge in [-0.3, -0.25) is 4.55 Å². The highest BCUT2D eigenvalue weighted by Gasteiger charge is 2.12. The summed E-state index contributed by atoms with van der Waals surface area (Å²) in [6, 6.07) is 10.8. The van der Waals surface area contributed by atoms with Gasteiger partial charge in [-0.25, -0.2) is 0 Å². The molecule has 29 heavy (non-hydrogen) atoms. The standard InChI is InChI=1S/C23H32O5S/c1-2-3-4-5-6-7-8-9-10-12-19-13-11-14-22(24)23(19)28-20-15-17-21(18-16-20)29(25,26)27/h11,13-18,24H,2-10,12H2,1H3,(H,25,26,27). The normalized spacial score (nSPS) is 11.5. The molecule has 2 aromatic rings. The lowest BCUT2D eigenvalue weighted by Crippen LogP contribution is -1.98. The number of unbranched alkanes of at least 4 members (excludes halogenated alkanes) is 8. The van der Waals surface area contributed by atoms with Crippen LogP contribution in [0.5, 0.6) is 17.2 Å². The first-order valence-corrected chi connectivity index (χ1v) is 11.9. The van der Waals surface area contributed by atoms with E-state index < -0.39 is 10.1 Å². The van der Waals surface area contributed by atoms with Crippen molar-refractivity contribution in [3.05, 3.63) is 48.0 Å². The summed E-state index contributed by atoms with van der Waals surface area (Å²) in [5, 5.41) is 10.2. The third-order valence-electron chi connectivity index (χ3n) is 4.97. The molecule has 5 nitrogen and oxygen atoms in total. The number of benzene rings is 2. The van der Waals surface area contributed by atoms with Crippen LogP contribution in [0.4, 0.5) is 0 Å². The van der Waals surface area contributed by atoms with E-state index in [1.165, 1.54) is 69.2 Å². The van der Waals surface area contributed by atoms with Crippen LogP contribution in [0.15, 0.2) is 47.4 Å². The second kappa shape index (κ2) is 11.8. The van der Waals surface area contributed by atoms with Crippen molar-refractivity contribution in [3.63, 3.8) is 0 Å². The van der Waals surface area contributed by atoms with Crippen LogP contribution >= 0.6 is 0 Å². The van der Waals surface area contributed by atoms with Gasteiger partial charge in [-0.1, -0.05) is 70.4 Å². The Labute approximate surface area is 174 Å². The van der Waals surface area contributed by atoms with E-state index in [0.717, 1.165) is 24.8 Å². The topological polar surface area (TPSA) is 83.8 Å². The summed E-state index contributed by atoms with van der Waals surface area (Å²) in [5.41, 5.74) is 0.923. The Morgan fingerprint density at radius 3 is 2.00 bits per heavy atom. The lowest BCUT2D eigenvalue weighted by atomic mass is 10.0. The summed E-state index contributed by atoms with van der Waals surface area (Å²) in [6.07, 6.45) is 12.1. The van der Waals surface area contributed by atoms with Crippen LogP contribution in [-0.4, -0.2) is 18.1 Å². The number of phenols is 1. The fraction of sp³-hybridized carbons (Fsp3) is 0.478. The molecule has 0 spiro atoms. The average molecular weight is 421 g/mol. The molecule has 2 aromatic carbocycles. The second-order valence-electron chi connectivity index (χ2n) is 7.39. The molecule has 0 aromatic heterocycles. The van der Waals surface area contributed by atoms with Gasteiger partial charge in [0.2, 0.25) is 0 Å². The molecule has 0 aliphatic heterocycles. The van der Waals surface area contributed by atoms with Gasteiger partial charge < -0.3 is 9.84 Å². The molecule has 160 valence electrons. The first kappa shape index (κ1) is 23.2. The molecule has 0 atom stereocenters. The molecule has 6 heteroatoms. The Bertz CT molecular complexity index is 844. The van der Waals surface area contributed by atoms with E-state index in [1.54, 1.807) is 12.1 Å². The van der Waals surface area contributed by atoms with E-state index in [1.807, 2.05) is 6.07 Å². The van der Waals surface area contributed by atoms with E-state index in [9.17, 15) is 13.5 Å². The average Bonchev–Trinajstić information content (AvgIpc) is 2.69. The zero-order valence-electron chi connectivity index (χ0n) is 17.1. The van der Waals surface area contributed by atoms with Gasteiger partial charge in [-0.05, 0) is 48.7 Å². The Morgan fingerprint density at radius 1 is 0.828 bits per heavy atom. The van der Waals surface area contributed by atoms with E-state index in [2.05, 4.69) is 6.92 Å². The van der Waals surface area contributed by atoms with Crippen molar-refractivity contribution >= 4 is 10.1 Å². The SMILES string of the molecule is CCCCCCCCCCCc1cccc(O)c1Oc1ccc(S(=O)(=O)O)cc1. The number of hydrogen-bond acceptors (Lipinski definition) is 4. The van der Waals surface area contributed by atoms with Crippen molar-refractivity contribution in [2.45, 2.75) is 76.0 Å². The first-order chi connectivity index (χ1) is 13.9. The summed E-state index contributed by atoms with van der Waals surface area (Å²) in [4.78, 5) is -0.197. The minimum absolute atomic E-state index is 0.0530. The van der Waals surface area contributed by atoms with Gasteiger partial charge in [0.1, 0.15) is 5.75 Å². The first-order valence-electron chi connectivity index (χ1n) is 10.5. The molecule has 0 saturated heterocycles. The molecule has 0 aliphatic carbocycles. The van der Waals surface area contributed by atoms with Crippen LogP contribution in [0.3, 0.4) is 0 Å². The van der Waals surface area contributed by atoms with Gasteiger partial charge in [0.25, 0.3) is 10.1 Å². The maximum Gasteiger partial charge on any atom is 0.294 e. The lowest BCUT2D eigenvalue weighted by molar-refractivity contribution is 0.406. The number of para-hydroxylation sites is 1. The lowest BCUT2D eigenvalue weighted by Gasteiger charge is -2.13. The van der Waals surface area contributed by atoms with Gasteiger partial charge in [0.15, 0.2) is 11.5 Å². The van der Waals surface area contributed by atoms with Gasteiger partial charge in [0.05, 0.1) is 4.90 Å². The Kier molecular flexibility index (Phi) is 9.48. The Morgan fingerprint density at radius 2 is 1.41 bits per heavy atom. The van der Waals surface area contributed by atoms with Crippen molar-refractivity contribution in [2.75, 3.05) is 0 Å². The molecule has 0 fully saturated rings. The van der Waals surface area contributed by atoms with E-state index in [4.69, 9.17) is 9.29 Å². The predicted octanol–water partition coefficient (Wildman–Crippen LogP) is 6.50. The van der Waals surface area contributed by atoms with Crippen molar-refractivity contribution in [3.8, 4) is 17.2 Å². The zero-order valence-corrected chi connectivity index (χ0v) is 18.0. The van der Waals surface area contributed by atoms with Crippen LogP contribution in [-0.2, 0) is 16.5 Å². The highest BCUT2D eigenvalue weighted by atomic mass is 32.2. The molecular weight excluding hydrogens is 388 g/mol. The molecule has 0 unspecified atom stereocenters. The maximum atomic E-state index is 11.1. The molecule has 0 saturated carbocycles. The number of phenolic OH excluding ortho intramolecular Hbond substituents is 1. The molecule has 2 rings (SSSR count). The fourth-order valence-corrected chi connectivity index (χ4v) is 3.79. The molecule has 0 amide bonds. The number of aromatic hydroxyl groups is 1. The molecule has 0 heterocycles. The highest BCUT2D eigenvalue weighted by molar-refractivity contribution is 7.85. The van der Waals surface area contributed by atoms with E-state index >= 15 is 0 Å². The number of hydrogen-bond donors (Lipinski definition) is 2. The molecular formula is C23H32O5S. The number of aryl methyl sites for hydroxylation is 1. The largest absolute Gasteiger partial charge is 0.504 e. The van der Waals surface area contributed by atoms with Gasteiger partial charge in [-0.15, -0.1) is 0 Å². The van der Waals surface area contributed by atoms with Crippen molar-refractivity contribution < 1.29 is 22.8 Å². The van der Waals surface area contributed by atoms with Crippen molar-refractivity contribution in [2.24, 2.45) is 0 Å². The van der Waals surface area contributed by atoms with Crippen LogP contribution in [0.25, 0.3) is 0 Å². The monoisotopic (exact) mass is 420 g/mol. The molecule has 0 radical (unpaired) electrons. The van der Waals surface area contributed by atoms with Crippen LogP contribution < -0.4 is 4.74 Å². The molecule has 0 aliphatic rings. The summed E-state index contributed by atoms with van der Waals surface area (Å²) in [5.74, 6) is 0.844.